The summed E-state index contributed by atoms with van der Waals surface area (Å²) in [4.78, 5) is 0. The van der Waals surface area contributed by atoms with Gasteiger partial charge in [-0.25, -0.2) is 0 Å². The second kappa shape index (κ2) is 24.6. The lowest BCUT2D eigenvalue weighted by Gasteiger charge is -1.95. The minimum absolute atomic E-state index is 0.634. The SMILES string of the molecule is CC.CC.CNC(C)C. The fourth-order valence-corrected chi connectivity index (χ4v) is 0. The van der Waals surface area contributed by atoms with Crippen LogP contribution in [0.1, 0.15) is 41.5 Å². The first-order valence-electron chi connectivity index (χ1n) is 3.94. The molecule has 0 aromatic heterocycles. The summed E-state index contributed by atoms with van der Waals surface area (Å²) in [5.74, 6) is 0. The molecule has 60 valence electrons. The zero-order valence-electron chi connectivity index (χ0n) is 8.08. The Labute approximate surface area is 60.9 Å². The van der Waals surface area contributed by atoms with Crippen LogP contribution in [0, 0.1) is 0 Å². The van der Waals surface area contributed by atoms with Gasteiger partial charge < -0.3 is 5.32 Å². The maximum Gasteiger partial charge on any atom is 0.000733 e. The molecule has 1 nitrogen and oxygen atoms in total. The summed E-state index contributed by atoms with van der Waals surface area (Å²) in [6, 6.07) is 0.634. The molecule has 0 amide bonds. The molecule has 0 bridgehead atoms. The van der Waals surface area contributed by atoms with Gasteiger partial charge >= 0.3 is 0 Å². The normalized spacial score (nSPS) is 6.67. The van der Waals surface area contributed by atoms with Gasteiger partial charge in [0.1, 0.15) is 0 Å². The van der Waals surface area contributed by atoms with E-state index in [1.807, 2.05) is 34.7 Å². The monoisotopic (exact) mass is 133 g/mol. The Morgan fingerprint density at radius 2 is 1.00 bits per heavy atom. The van der Waals surface area contributed by atoms with Crippen LogP contribution in [-0.2, 0) is 0 Å². The first-order chi connectivity index (χ1) is 4.27. The molecule has 0 fully saturated rings. The fourth-order valence-electron chi connectivity index (χ4n) is 0. The van der Waals surface area contributed by atoms with Crippen LogP contribution < -0.4 is 5.32 Å². The Hall–Kier alpha value is -0.0400. The molecular weight excluding hydrogens is 110 g/mol. The summed E-state index contributed by atoms with van der Waals surface area (Å²) in [6.45, 7) is 12.2. The Morgan fingerprint density at radius 1 is 0.889 bits per heavy atom. The third-order valence-corrected chi connectivity index (χ3v) is 0.577. The third kappa shape index (κ3) is 73.6. The summed E-state index contributed by atoms with van der Waals surface area (Å²) < 4.78 is 0. The maximum atomic E-state index is 3.03. The highest BCUT2D eigenvalue weighted by atomic mass is 14.8. The summed E-state index contributed by atoms with van der Waals surface area (Å²) >= 11 is 0. The summed E-state index contributed by atoms with van der Waals surface area (Å²) in [6.07, 6.45) is 0. The maximum absolute atomic E-state index is 3.03. The van der Waals surface area contributed by atoms with Crippen LogP contribution in [0.3, 0.4) is 0 Å². The molecular formula is C8H23N. The zero-order valence-corrected chi connectivity index (χ0v) is 8.08. The average Bonchev–Trinajstić information content (AvgIpc) is 1.97. The minimum Gasteiger partial charge on any atom is -0.318 e. The van der Waals surface area contributed by atoms with Crippen molar-refractivity contribution in [3.8, 4) is 0 Å². The van der Waals surface area contributed by atoms with E-state index in [1.54, 1.807) is 0 Å². The van der Waals surface area contributed by atoms with Crippen LogP contribution in [0.15, 0.2) is 0 Å². The Balaban J connectivity index is -0.0000000771. The van der Waals surface area contributed by atoms with Crippen LogP contribution in [0.4, 0.5) is 0 Å². The van der Waals surface area contributed by atoms with Crippen molar-refractivity contribution in [1.82, 2.24) is 5.32 Å². The quantitative estimate of drug-likeness (QED) is 0.580. The van der Waals surface area contributed by atoms with Gasteiger partial charge in [0.15, 0.2) is 0 Å². The highest BCUT2D eigenvalue weighted by Gasteiger charge is 1.76. The van der Waals surface area contributed by atoms with Crippen molar-refractivity contribution in [3.63, 3.8) is 0 Å². The highest BCUT2D eigenvalue weighted by molar-refractivity contribution is 4.40. The molecule has 0 atom stereocenters. The molecule has 1 heteroatoms. The van der Waals surface area contributed by atoms with Gasteiger partial charge in [-0.1, -0.05) is 41.5 Å². The molecule has 0 unspecified atom stereocenters. The molecule has 0 aliphatic heterocycles. The number of rotatable bonds is 1. The van der Waals surface area contributed by atoms with Crippen molar-refractivity contribution in [2.24, 2.45) is 0 Å². The van der Waals surface area contributed by atoms with E-state index in [1.165, 1.54) is 0 Å². The van der Waals surface area contributed by atoms with Crippen LogP contribution in [-0.4, -0.2) is 13.1 Å². The first-order valence-corrected chi connectivity index (χ1v) is 3.94. The van der Waals surface area contributed by atoms with E-state index in [-0.39, 0.29) is 0 Å². The molecule has 0 aliphatic carbocycles. The van der Waals surface area contributed by atoms with E-state index >= 15 is 0 Å². The van der Waals surface area contributed by atoms with E-state index in [9.17, 15) is 0 Å². The average molecular weight is 133 g/mol. The molecule has 0 saturated carbocycles. The van der Waals surface area contributed by atoms with Gasteiger partial charge in [0.25, 0.3) is 0 Å². The summed E-state index contributed by atoms with van der Waals surface area (Å²) in [5.41, 5.74) is 0. The molecule has 0 rings (SSSR count). The highest BCUT2D eigenvalue weighted by Crippen LogP contribution is 1.66. The molecule has 0 aromatic rings. The van der Waals surface area contributed by atoms with Crippen molar-refractivity contribution in [1.29, 1.82) is 0 Å². The molecule has 9 heavy (non-hydrogen) atoms. The molecule has 0 spiro atoms. The third-order valence-electron chi connectivity index (χ3n) is 0.577. The molecule has 0 radical (unpaired) electrons. The van der Waals surface area contributed by atoms with Gasteiger partial charge in [-0.15, -0.1) is 0 Å². The lowest BCUT2D eigenvalue weighted by Crippen LogP contribution is -2.15. The van der Waals surface area contributed by atoms with E-state index in [0.717, 1.165) is 0 Å². The second-order valence-corrected chi connectivity index (χ2v) is 1.44. The van der Waals surface area contributed by atoms with Crippen LogP contribution >= 0.6 is 0 Å². The van der Waals surface area contributed by atoms with Gasteiger partial charge in [-0.3, -0.25) is 0 Å². The molecule has 0 aliphatic rings. The van der Waals surface area contributed by atoms with Crippen molar-refractivity contribution < 1.29 is 0 Å². The zero-order chi connectivity index (χ0) is 8.28. The van der Waals surface area contributed by atoms with E-state index in [0.29, 0.717) is 6.04 Å². The van der Waals surface area contributed by atoms with Gasteiger partial charge in [0.05, 0.1) is 0 Å². The predicted octanol–water partition coefficient (Wildman–Crippen LogP) is 2.67. The van der Waals surface area contributed by atoms with E-state index in [2.05, 4.69) is 19.2 Å². The standard InChI is InChI=1S/C4H11N.2C2H6/c1-4(2)5-3;2*1-2/h4-5H,1-3H3;2*1-2H3. The topological polar surface area (TPSA) is 12.0 Å². The number of nitrogens with one attached hydrogen (secondary N) is 1. The lowest BCUT2D eigenvalue weighted by molar-refractivity contribution is 0.668. The van der Waals surface area contributed by atoms with E-state index in [4.69, 9.17) is 0 Å². The van der Waals surface area contributed by atoms with Crippen molar-refractivity contribution in [2.75, 3.05) is 7.05 Å². The Morgan fingerprint density at radius 3 is 1.00 bits per heavy atom. The molecule has 1 N–H and O–H groups in total. The van der Waals surface area contributed by atoms with Crippen LogP contribution in [0.2, 0.25) is 0 Å². The lowest BCUT2D eigenvalue weighted by atomic mass is 10.4. The van der Waals surface area contributed by atoms with Crippen LogP contribution in [0.5, 0.6) is 0 Å². The van der Waals surface area contributed by atoms with Crippen LogP contribution in [0.25, 0.3) is 0 Å². The predicted molar refractivity (Wildman–Crippen MR) is 46.9 cm³/mol. The van der Waals surface area contributed by atoms with Gasteiger partial charge in [0, 0.05) is 6.04 Å². The summed E-state index contributed by atoms with van der Waals surface area (Å²) in [7, 11) is 1.95. The Bertz CT molecular complexity index is 18.5. The minimum atomic E-state index is 0.634. The van der Waals surface area contributed by atoms with E-state index < -0.39 is 0 Å². The fraction of sp³-hybridized carbons (Fsp3) is 1.00. The molecule has 0 heterocycles. The first kappa shape index (κ1) is 16.0. The van der Waals surface area contributed by atoms with Crippen molar-refractivity contribution in [3.05, 3.63) is 0 Å². The number of hydrogen-bond acceptors (Lipinski definition) is 1. The number of hydrogen-bond donors (Lipinski definition) is 1. The second-order valence-electron chi connectivity index (χ2n) is 1.44. The molecule has 0 aromatic carbocycles. The van der Waals surface area contributed by atoms with Gasteiger partial charge in [0.2, 0.25) is 0 Å². The van der Waals surface area contributed by atoms with Gasteiger partial charge in [-0.2, -0.15) is 0 Å². The largest absolute Gasteiger partial charge is 0.318 e. The van der Waals surface area contributed by atoms with Gasteiger partial charge in [-0.05, 0) is 7.05 Å². The van der Waals surface area contributed by atoms with Crippen molar-refractivity contribution >= 4 is 0 Å². The smallest absolute Gasteiger partial charge is 0.000733 e. The Kier molecular flexibility index (Phi) is 43.7. The molecule has 0 saturated heterocycles. The summed E-state index contributed by atoms with van der Waals surface area (Å²) in [5, 5.41) is 3.03. The van der Waals surface area contributed by atoms with Crippen molar-refractivity contribution in [2.45, 2.75) is 47.6 Å².